The minimum Gasteiger partial charge on any atom is -0.454 e. The van der Waals surface area contributed by atoms with Crippen LogP contribution >= 0.6 is 11.3 Å². The molecular formula is C26H34N2O4S. The summed E-state index contributed by atoms with van der Waals surface area (Å²) in [5.41, 5.74) is 2.17. The van der Waals surface area contributed by atoms with Gasteiger partial charge in [-0.25, -0.2) is 0 Å². The van der Waals surface area contributed by atoms with Gasteiger partial charge in [0.25, 0.3) is 0 Å². The van der Waals surface area contributed by atoms with E-state index in [1.807, 2.05) is 23.1 Å². The van der Waals surface area contributed by atoms with Crippen molar-refractivity contribution in [2.75, 3.05) is 19.9 Å². The number of amides is 2. The zero-order chi connectivity index (χ0) is 23.4. The maximum absolute atomic E-state index is 13.6. The molecule has 1 saturated carbocycles. The molecule has 0 radical (unpaired) electrons. The first-order valence-corrected chi connectivity index (χ1v) is 12.8. The van der Waals surface area contributed by atoms with Gasteiger partial charge in [-0.1, -0.05) is 32.8 Å². The number of hydrogen-bond acceptors (Lipinski definition) is 5. The van der Waals surface area contributed by atoms with Crippen molar-refractivity contribution < 1.29 is 19.1 Å². The first kappa shape index (κ1) is 23.6. The molecule has 1 aromatic carbocycles. The Hall–Kier alpha value is -2.54. The van der Waals surface area contributed by atoms with Crippen molar-refractivity contribution in [1.29, 1.82) is 0 Å². The van der Waals surface area contributed by atoms with Gasteiger partial charge < -0.3 is 19.3 Å². The monoisotopic (exact) mass is 470 g/mol. The molecule has 0 unspecified atom stereocenters. The summed E-state index contributed by atoms with van der Waals surface area (Å²) in [5, 5.41) is 2.06. The van der Waals surface area contributed by atoms with Crippen molar-refractivity contribution in [2.24, 2.45) is 11.8 Å². The van der Waals surface area contributed by atoms with Gasteiger partial charge in [0.05, 0.1) is 13.1 Å². The third kappa shape index (κ3) is 5.88. The summed E-state index contributed by atoms with van der Waals surface area (Å²) in [7, 11) is 0. The number of ether oxygens (including phenoxy) is 2. The summed E-state index contributed by atoms with van der Waals surface area (Å²) in [6.45, 7) is 8.22. The smallest absolute Gasteiger partial charge is 0.242 e. The lowest BCUT2D eigenvalue weighted by Gasteiger charge is -2.30. The highest BCUT2D eigenvalue weighted by atomic mass is 32.1. The number of benzene rings is 1. The molecule has 6 nitrogen and oxygen atoms in total. The largest absolute Gasteiger partial charge is 0.454 e. The molecule has 2 amide bonds. The Morgan fingerprint density at radius 3 is 2.52 bits per heavy atom. The average Bonchev–Trinajstić information content (AvgIpc) is 3.54. The average molecular weight is 471 g/mol. The van der Waals surface area contributed by atoms with Crippen LogP contribution in [0.3, 0.4) is 0 Å². The number of carbonyl (C=O) groups excluding carboxylic acids is 2. The van der Waals surface area contributed by atoms with Crippen LogP contribution in [-0.2, 0) is 22.7 Å². The molecular weight excluding hydrogens is 436 g/mol. The van der Waals surface area contributed by atoms with Crippen molar-refractivity contribution in [3.05, 3.63) is 45.6 Å². The van der Waals surface area contributed by atoms with E-state index in [-0.39, 0.29) is 31.1 Å². The molecule has 0 saturated heterocycles. The molecule has 1 fully saturated rings. The molecule has 33 heavy (non-hydrogen) atoms. The molecule has 7 heteroatoms. The van der Waals surface area contributed by atoms with Crippen molar-refractivity contribution in [1.82, 2.24) is 9.80 Å². The van der Waals surface area contributed by atoms with Crippen molar-refractivity contribution in [2.45, 2.75) is 59.5 Å². The molecule has 0 N–H and O–H groups in total. The van der Waals surface area contributed by atoms with Gasteiger partial charge in [-0.2, -0.15) is 0 Å². The third-order valence-electron chi connectivity index (χ3n) is 6.39. The maximum atomic E-state index is 13.6. The van der Waals surface area contributed by atoms with E-state index >= 15 is 0 Å². The SMILES string of the molecule is Cc1ccsc1CN(Cc1ccc2c(c1)OCO2)C(=O)CN(CC(C)C)C(=O)C1CCCC1. The number of rotatable bonds is 9. The molecule has 0 atom stereocenters. The number of nitrogens with zero attached hydrogens (tertiary/aromatic N) is 2. The highest BCUT2D eigenvalue weighted by molar-refractivity contribution is 7.10. The van der Waals surface area contributed by atoms with Crippen LogP contribution in [0.15, 0.2) is 29.6 Å². The van der Waals surface area contributed by atoms with Gasteiger partial charge in [0, 0.05) is 23.9 Å². The van der Waals surface area contributed by atoms with Crippen LogP contribution in [0.25, 0.3) is 0 Å². The standard InChI is InChI=1S/C26H34N2O4S/c1-18(2)13-28(26(30)21-6-4-5-7-21)16-25(29)27(15-24-19(3)10-11-33-24)14-20-8-9-22-23(12-20)32-17-31-22/h8-12,18,21H,4-7,13-17H2,1-3H3. The molecule has 4 rings (SSSR count). The fourth-order valence-corrected chi connectivity index (χ4v) is 5.52. The molecule has 2 aliphatic rings. The van der Waals surface area contributed by atoms with Gasteiger partial charge in [0.2, 0.25) is 18.6 Å². The Bertz CT molecular complexity index is 980. The fraction of sp³-hybridized carbons (Fsp3) is 0.538. The fourth-order valence-electron chi connectivity index (χ4n) is 4.60. The summed E-state index contributed by atoms with van der Waals surface area (Å²) in [4.78, 5) is 31.7. The predicted octanol–water partition coefficient (Wildman–Crippen LogP) is 4.99. The molecule has 0 bridgehead atoms. The van der Waals surface area contributed by atoms with E-state index in [1.165, 1.54) is 10.4 Å². The van der Waals surface area contributed by atoms with E-state index in [9.17, 15) is 9.59 Å². The molecule has 2 heterocycles. The van der Waals surface area contributed by atoms with Crippen LogP contribution in [0, 0.1) is 18.8 Å². The van der Waals surface area contributed by atoms with Gasteiger partial charge in [-0.15, -0.1) is 11.3 Å². The number of aryl methyl sites for hydroxylation is 1. The third-order valence-corrected chi connectivity index (χ3v) is 7.40. The Balaban J connectivity index is 1.53. The second-order valence-electron chi connectivity index (χ2n) is 9.56. The summed E-state index contributed by atoms with van der Waals surface area (Å²) < 4.78 is 11.0. The highest BCUT2D eigenvalue weighted by Gasteiger charge is 2.30. The normalized spacial score (nSPS) is 15.3. The zero-order valence-electron chi connectivity index (χ0n) is 19.8. The van der Waals surface area contributed by atoms with Gasteiger partial charge in [-0.05, 0) is 60.4 Å². The summed E-state index contributed by atoms with van der Waals surface area (Å²) in [5.74, 6) is 1.95. The molecule has 1 aromatic heterocycles. The Labute approximate surface area is 200 Å². The molecule has 1 aliphatic carbocycles. The van der Waals surface area contributed by atoms with Crippen LogP contribution < -0.4 is 9.47 Å². The van der Waals surface area contributed by atoms with Gasteiger partial charge in [0.15, 0.2) is 11.5 Å². The highest BCUT2D eigenvalue weighted by Crippen LogP contribution is 2.33. The maximum Gasteiger partial charge on any atom is 0.242 e. The number of hydrogen-bond donors (Lipinski definition) is 0. The van der Waals surface area contributed by atoms with Crippen molar-refractivity contribution in [3.8, 4) is 11.5 Å². The van der Waals surface area contributed by atoms with Gasteiger partial charge in [0.1, 0.15) is 0 Å². The minimum atomic E-state index is -0.0209. The van der Waals surface area contributed by atoms with Gasteiger partial charge in [-0.3, -0.25) is 9.59 Å². The first-order chi connectivity index (χ1) is 15.9. The molecule has 1 aliphatic heterocycles. The predicted molar refractivity (Wildman–Crippen MR) is 129 cm³/mol. The van der Waals surface area contributed by atoms with Crippen LogP contribution in [0.1, 0.15) is 55.5 Å². The van der Waals surface area contributed by atoms with Crippen LogP contribution in [0.2, 0.25) is 0 Å². The van der Waals surface area contributed by atoms with Crippen LogP contribution in [0.5, 0.6) is 11.5 Å². The summed E-state index contributed by atoms with van der Waals surface area (Å²) in [6, 6.07) is 7.90. The second kappa shape index (κ2) is 10.6. The van der Waals surface area contributed by atoms with Crippen molar-refractivity contribution in [3.63, 3.8) is 0 Å². The zero-order valence-corrected chi connectivity index (χ0v) is 20.7. The van der Waals surface area contributed by atoms with E-state index in [1.54, 1.807) is 16.2 Å². The van der Waals surface area contributed by atoms with E-state index in [2.05, 4.69) is 32.2 Å². The first-order valence-electron chi connectivity index (χ1n) is 11.9. The lowest BCUT2D eigenvalue weighted by atomic mass is 10.1. The second-order valence-corrected chi connectivity index (χ2v) is 10.6. The Morgan fingerprint density at radius 2 is 1.82 bits per heavy atom. The minimum absolute atomic E-state index is 0.0209. The lowest BCUT2D eigenvalue weighted by molar-refractivity contribution is -0.144. The van der Waals surface area contributed by atoms with Crippen LogP contribution in [-0.4, -0.2) is 41.5 Å². The van der Waals surface area contributed by atoms with Gasteiger partial charge >= 0.3 is 0 Å². The Morgan fingerprint density at radius 1 is 1.06 bits per heavy atom. The van der Waals surface area contributed by atoms with E-state index < -0.39 is 0 Å². The topological polar surface area (TPSA) is 59.1 Å². The molecule has 0 spiro atoms. The summed E-state index contributed by atoms with van der Waals surface area (Å²) in [6.07, 6.45) is 4.09. The Kier molecular flexibility index (Phi) is 7.58. The van der Waals surface area contributed by atoms with Crippen molar-refractivity contribution >= 4 is 23.2 Å². The number of carbonyl (C=O) groups is 2. The number of fused-ring (bicyclic) bond motifs is 1. The quantitative estimate of drug-likeness (QED) is 0.518. The van der Waals surface area contributed by atoms with E-state index in [4.69, 9.17) is 9.47 Å². The number of thiophene rings is 1. The summed E-state index contributed by atoms with van der Waals surface area (Å²) >= 11 is 1.66. The lowest BCUT2D eigenvalue weighted by Crippen LogP contribution is -2.45. The molecule has 178 valence electrons. The van der Waals surface area contributed by atoms with E-state index in [0.717, 1.165) is 37.0 Å². The molecule has 2 aromatic rings. The van der Waals surface area contributed by atoms with E-state index in [0.29, 0.717) is 31.3 Å². The van der Waals surface area contributed by atoms with Crippen LogP contribution in [0.4, 0.5) is 0 Å².